The second kappa shape index (κ2) is 5.44. The molecule has 92 valence electrons. The summed E-state index contributed by atoms with van der Waals surface area (Å²) in [4.78, 5) is 15.8. The van der Waals surface area contributed by atoms with Crippen LogP contribution in [0.1, 0.15) is 6.42 Å². The molecule has 0 spiro atoms. The highest BCUT2D eigenvalue weighted by Gasteiger charge is 2.29. The summed E-state index contributed by atoms with van der Waals surface area (Å²) in [5.74, 6) is -0.112. The van der Waals surface area contributed by atoms with Crippen molar-refractivity contribution in [2.75, 3.05) is 19.0 Å². The van der Waals surface area contributed by atoms with Crippen molar-refractivity contribution in [1.29, 1.82) is 0 Å². The summed E-state index contributed by atoms with van der Waals surface area (Å²) in [6.45, 7) is 0.690. The third-order valence-electron chi connectivity index (χ3n) is 2.76. The highest BCUT2D eigenvalue weighted by atomic mass is 35.5. The van der Waals surface area contributed by atoms with E-state index >= 15 is 0 Å². The van der Waals surface area contributed by atoms with Crippen LogP contribution in [0.25, 0.3) is 0 Å². The average Bonchev–Trinajstić information content (AvgIpc) is 2.81. The fourth-order valence-electron chi connectivity index (χ4n) is 1.78. The topological polar surface area (TPSA) is 63.2 Å². The molecule has 1 amide bonds. The summed E-state index contributed by atoms with van der Waals surface area (Å²) in [7, 11) is 1.64. The van der Waals surface area contributed by atoms with Crippen molar-refractivity contribution in [3.05, 3.63) is 23.5 Å². The Morgan fingerprint density at radius 2 is 2.53 bits per heavy atom. The molecule has 2 N–H and O–H groups in total. The fraction of sp³-hybridized carbons (Fsp3) is 0.455. The summed E-state index contributed by atoms with van der Waals surface area (Å²) >= 11 is 5.86. The fourth-order valence-corrected chi connectivity index (χ4v) is 1.95. The van der Waals surface area contributed by atoms with Gasteiger partial charge in [0.05, 0.1) is 17.8 Å². The van der Waals surface area contributed by atoms with E-state index in [2.05, 4.69) is 15.6 Å². The lowest BCUT2D eigenvalue weighted by molar-refractivity contribution is -0.118. The number of pyridine rings is 1. The number of halogens is 1. The molecule has 17 heavy (non-hydrogen) atoms. The molecule has 6 heteroatoms. The normalized spacial score (nSPS) is 23.6. The summed E-state index contributed by atoms with van der Waals surface area (Å²) < 4.78 is 5.18. The molecule has 1 saturated heterocycles. The summed E-state index contributed by atoms with van der Waals surface area (Å²) in [6, 6.07) is 3.20. The van der Waals surface area contributed by atoms with Gasteiger partial charge in [-0.3, -0.25) is 4.79 Å². The maximum Gasteiger partial charge on any atom is 0.241 e. The van der Waals surface area contributed by atoms with Crippen molar-refractivity contribution in [3.8, 4) is 0 Å². The number of carbonyl (C=O) groups excluding carboxylic acids is 1. The number of anilines is 1. The molecule has 2 rings (SSSR count). The predicted octanol–water partition coefficient (Wildman–Crippen LogP) is 1.05. The molecule has 0 bridgehead atoms. The Kier molecular flexibility index (Phi) is 3.93. The van der Waals surface area contributed by atoms with E-state index in [1.165, 1.54) is 0 Å². The molecular formula is C11H14ClN3O2. The number of nitrogens with one attached hydrogen (secondary N) is 2. The van der Waals surface area contributed by atoms with Crippen LogP contribution in [0.2, 0.25) is 5.15 Å². The van der Waals surface area contributed by atoms with Gasteiger partial charge in [-0.25, -0.2) is 4.98 Å². The van der Waals surface area contributed by atoms with Gasteiger partial charge in [0.25, 0.3) is 0 Å². The Hall–Kier alpha value is -1.17. The first kappa shape index (κ1) is 12.3. The Morgan fingerprint density at radius 3 is 3.18 bits per heavy atom. The molecule has 0 radical (unpaired) electrons. The quantitative estimate of drug-likeness (QED) is 0.793. The van der Waals surface area contributed by atoms with Crippen molar-refractivity contribution in [2.24, 2.45) is 0 Å². The van der Waals surface area contributed by atoms with Crippen molar-refractivity contribution in [1.82, 2.24) is 10.3 Å². The van der Waals surface area contributed by atoms with E-state index in [-0.39, 0.29) is 18.1 Å². The lowest BCUT2D eigenvalue weighted by Crippen LogP contribution is -2.35. The molecule has 1 aromatic rings. The number of aromatic nitrogens is 1. The summed E-state index contributed by atoms with van der Waals surface area (Å²) in [6.07, 6.45) is 2.34. The minimum absolute atomic E-state index is 0.0927. The Balaban J connectivity index is 1.96. The number of hydrogen-bond donors (Lipinski definition) is 2. The monoisotopic (exact) mass is 255 g/mol. The zero-order chi connectivity index (χ0) is 12.3. The van der Waals surface area contributed by atoms with Crippen molar-refractivity contribution in [3.63, 3.8) is 0 Å². The SMILES string of the molecule is COC1CNC(C(=O)Nc2cccnc2Cl)C1. The summed E-state index contributed by atoms with van der Waals surface area (Å²) in [5, 5.41) is 6.14. The van der Waals surface area contributed by atoms with E-state index in [9.17, 15) is 4.79 Å². The number of hydrogen-bond acceptors (Lipinski definition) is 4. The third-order valence-corrected chi connectivity index (χ3v) is 3.06. The zero-order valence-corrected chi connectivity index (χ0v) is 10.2. The molecule has 1 aliphatic heterocycles. The number of rotatable bonds is 3. The van der Waals surface area contributed by atoms with Crippen LogP contribution in [0.3, 0.4) is 0 Å². The van der Waals surface area contributed by atoms with E-state index in [0.29, 0.717) is 23.8 Å². The average molecular weight is 256 g/mol. The van der Waals surface area contributed by atoms with Crippen molar-refractivity contribution < 1.29 is 9.53 Å². The van der Waals surface area contributed by atoms with Crippen LogP contribution in [0.4, 0.5) is 5.69 Å². The van der Waals surface area contributed by atoms with Gasteiger partial charge < -0.3 is 15.4 Å². The van der Waals surface area contributed by atoms with Crippen LogP contribution in [0, 0.1) is 0 Å². The maximum absolute atomic E-state index is 11.9. The maximum atomic E-state index is 11.9. The molecule has 0 saturated carbocycles. The van der Waals surface area contributed by atoms with Gasteiger partial charge in [-0.15, -0.1) is 0 Å². The number of ether oxygens (including phenoxy) is 1. The number of nitrogens with zero attached hydrogens (tertiary/aromatic N) is 1. The molecule has 2 unspecified atom stereocenters. The second-order valence-corrected chi connectivity index (χ2v) is 4.24. The van der Waals surface area contributed by atoms with Gasteiger partial charge in [0.1, 0.15) is 0 Å². The predicted molar refractivity (Wildman–Crippen MR) is 65.1 cm³/mol. The van der Waals surface area contributed by atoms with Gasteiger partial charge in [-0.1, -0.05) is 11.6 Å². The smallest absolute Gasteiger partial charge is 0.241 e. The molecule has 2 heterocycles. The van der Waals surface area contributed by atoms with Gasteiger partial charge in [0.15, 0.2) is 5.15 Å². The minimum atomic E-state index is -0.240. The molecule has 5 nitrogen and oxygen atoms in total. The lowest BCUT2D eigenvalue weighted by Gasteiger charge is -2.11. The molecule has 1 aromatic heterocycles. The first-order valence-corrected chi connectivity index (χ1v) is 5.76. The molecule has 1 fully saturated rings. The first-order chi connectivity index (χ1) is 8.20. The molecule has 0 aliphatic carbocycles. The Bertz CT molecular complexity index is 413. The zero-order valence-electron chi connectivity index (χ0n) is 9.44. The lowest BCUT2D eigenvalue weighted by atomic mass is 10.2. The van der Waals surface area contributed by atoms with Crippen LogP contribution in [-0.4, -0.2) is 36.7 Å². The van der Waals surface area contributed by atoms with Gasteiger partial charge in [0.2, 0.25) is 5.91 Å². The van der Waals surface area contributed by atoms with Crippen LogP contribution in [-0.2, 0) is 9.53 Å². The standard InChI is InChI=1S/C11H14ClN3O2/c1-17-7-5-9(14-6-7)11(16)15-8-3-2-4-13-10(8)12/h2-4,7,9,14H,5-6H2,1H3,(H,15,16). The number of carbonyl (C=O) groups is 1. The van der Waals surface area contributed by atoms with Crippen LogP contribution >= 0.6 is 11.6 Å². The number of amides is 1. The largest absolute Gasteiger partial charge is 0.380 e. The molecule has 1 aliphatic rings. The van der Waals surface area contributed by atoms with E-state index < -0.39 is 0 Å². The van der Waals surface area contributed by atoms with Gasteiger partial charge in [0, 0.05) is 19.9 Å². The number of methoxy groups -OCH3 is 1. The Morgan fingerprint density at radius 1 is 1.71 bits per heavy atom. The summed E-state index contributed by atoms with van der Waals surface area (Å²) in [5.41, 5.74) is 0.529. The second-order valence-electron chi connectivity index (χ2n) is 3.89. The highest BCUT2D eigenvalue weighted by Crippen LogP contribution is 2.19. The van der Waals surface area contributed by atoms with Crippen LogP contribution in [0.15, 0.2) is 18.3 Å². The van der Waals surface area contributed by atoms with Crippen LogP contribution in [0.5, 0.6) is 0 Å². The highest BCUT2D eigenvalue weighted by molar-refractivity contribution is 6.32. The molecule has 2 atom stereocenters. The third kappa shape index (κ3) is 2.94. The van der Waals surface area contributed by atoms with E-state index in [1.807, 2.05) is 0 Å². The van der Waals surface area contributed by atoms with E-state index in [0.717, 1.165) is 0 Å². The van der Waals surface area contributed by atoms with E-state index in [1.54, 1.807) is 25.4 Å². The molecular weight excluding hydrogens is 242 g/mol. The minimum Gasteiger partial charge on any atom is -0.380 e. The van der Waals surface area contributed by atoms with Crippen molar-refractivity contribution in [2.45, 2.75) is 18.6 Å². The first-order valence-electron chi connectivity index (χ1n) is 5.38. The van der Waals surface area contributed by atoms with Crippen molar-refractivity contribution >= 4 is 23.2 Å². The van der Waals surface area contributed by atoms with Crippen LogP contribution < -0.4 is 10.6 Å². The van der Waals surface area contributed by atoms with Gasteiger partial charge in [-0.05, 0) is 18.6 Å². The Labute approximate surface area is 105 Å². The van der Waals surface area contributed by atoms with E-state index in [4.69, 9.17) is 16.3 Å². The van der Waals surface area contributed by atoms with Gasteiger partial charge >= 0.3 is 0 Å². The molecule has 0 aromatic carbocycles. The van der Waals surface area contributed by atoms with Gasteiger partial charge in [-0.2, -0.15) is 0 Å².